The minimum absolute atomic E-state index is 0.105. The molecule has 0 bridgehead atoms. The first kappa shape index (κ1) is 9.92. The smallest absolute Gasteiger partial charge is 0.345 e. The lowest BCUT2D eigenvalue weighted by molar-refractivity contribution is 0.0702. The number of fused-ring (bicyclic) bond motifs is 1. The summed E-state index contributed by atoms with van der Waals surface area (Å²) in [7, 11) is 1.47. The van der Waals surface area contributed by atoms with Crippen LogP contribution in [0.25, 0.3) is 10.1 Å². The number of carbonyl (C=O) groups is 1. The van der Waals surface area contributed by atoms with Gasteiger partial charge in [-0.3, -0.25) is 0 Å². The van der Waals surface area contributed by atoms with Crippen molar-refractivity contribution < 1.29 is 19.0 Å². The molecule has 1 heterocycles. The minimum Gasteiger partial charge on any atom is -0.495 e. The summed E-state index contributed by atoms with van der Waals surface area (Å²) in [5, 5.41) is 9.08. The van der Waals surface area contributed by atoms with Crippen molar-refractivity contribution in [2.24, 2.45) is 0 Å². The molecule has 1 aromatic heterocycles. The number of halogens is 1. The third-order valence-corrected chi connectivity index (χ3v) is 3.16. The van der Waals surface area contributed by atoms with Crippen LogP contribution in [0.4, 0.5) is 4.39 Å². The summed E-state index contributed by atoms with van der Waals surface area (Å²) < 4.78 is 18.9. The van der Waals surface area contributed by atoms with Crippen molar-refractivity contribution in [3.8, 4) is 5.75 Å². The topological polar surface area (TPSA) is 46.5 Å². The number of hydrogen-bond donors (Lipinski definition) is 1. The van der Waals surface area contributed by atoms with E-state index in [2.05, 4.69) is 0 Å². The lowest BCUT2D eigenvalue weighted by atomic mass is 10.2. The second-order valence-corrected chi connectivity index (χ2v) is 3.96. The molecule has 1 N–H and O–H groups in total. The largest absolute Gasteiger partial charge is 0.495 e. The molecule has 5 heteroatoms. The van der Waals surface area contributed by atoms with E-state index in [9.17, 15) is 9.18 Å². The molecule has 0 spiro atoms. The fourth-order valence-corrected chi connectivity index (χ4v) is 2.33. The minimum atomic E-state index is -1.06. The number of hydrogen-bond acceptors (Lipinski definition) is 3. The van der Waals surface area contributed by atoms with Gasteiger partial charge in [0.15, 0.2) is 0 Å². The summed E-state index contributed by atoms with van der Waals surface area (Å²) in [5.74, 6) is -1.00. The highest BCUT2D eigenvalue weighted by molar-refractivity contribution is 7.21. The number of methoxy groups -OCH3 is 1. The third-order valence-electron chi connectivity index (χ3n) is 2.02. The van der Waals surface area contributed by atoms with Gasteiger partial charge < -0.3 is 9.84 Å². The zero-order chi connectivity index (χ0) is 11.0. The van der Waals surface area contributed by atoms with E-state index in [1.165, 1.54) is 25.3 Å². The summed E-state index contributed by atoms with van der Waals surface area (Å²) in [6.07, 6.45) is 0. The SMILES string of the molecule is COc1ccc(F)c2cc(C(=O)O)sc12. The Morgan fingerprint density at radius 1 is 1.53 bits per heavy atom. The van der Waals surface area contributed by atoms with Gasteiger partial charge >= 0.3 is 5.97 Å². The Morgan fingerprint density at radius 2 is 2.27 bits per heavy atom. The summed E-state index contributed by atoms with van der Waals surface area (Å²) in [4.78, 5) is 10.8. The summed E-state index contributed by atoms with van der Waals surface area (Å²) >= 11 is 1.01. The lowest BCUT2D eigenvalue weighted by Crippen LogP contribution is -1.89. The standard InChI is InChI=1S/C10H7FO3S/c1-14-7-3-2-6(11)5-4-8(10(12)13)15-9(5)7/h2-4H,1H3,(H,12,13). The Morgan fingerprint density at radius 3 is 2.87 bits per heavy atom. The Hall–Kier alpha value is -1.62. The highest BCUT2D eigenvalue weighted by atomic mass is 32.1. The molecule has 0 aliphatic carbocycles. The van der Waals surface area contributed by atoms with Gasteiger partial charge in [-0.1, -0.05) is 0 Å². The van der Waals surface area contributed by atoms with Crippen molar-refractivity contribution in [2.45, 2.75) is 0 Å². The average molecular weight is 226 g/mol. The van der Waals surface area contributed by atoms with Gasteiger partial charge in [-0.05, 0) is 18.2 Å². The van der Waals surface area contributed by atoms with E-state index in [0.29, 0.717) is 10.4 Å². The number of benzene rings is 1. The monoisotopic (exact) mass is 226 g/mol. The molecule has 0 radical (unpaired) electrons. The first-order valence-electron chi connectivity index (χ1n) is 4.13. The van der Waals surface area contributed by atoms with Crippen molar-refractivity contribution in [1.82, 2.24) is 0 Å². The van der Waals surface area contributed by atoms with Crippen molar-refractivity contribution in [2.75, 3.05) is 7.11 Å². The van der Waals surface area contributed by atoms with Crippen molar-refractivity contribution in [3.63, 3.8) is 0 Å². The van der Waals surface area contributed by atoms with Gasteiger partial charge in [0.05, 0.1) is 11.8 Å². The van der Waals surface area contributed by atoms with Crippen molar-refractivity contribution >= 4 is 27.4 Å². The summed E-state index contributed by atoms with van der Waals surface area (Å²) in [6, 6.07) is 4.07. The third kappa shape index (κ3) is 1.55. The lowest BCUT2D eigenvalue weighted by Gasteiger charge is -2.00. The van der Waals surface area contributed by atoms with Gasteiger partial charge in [0.1, 0.15) is 16.4 Å². The normalized spacial score (nSPS) is 10.5. The van der Waals surface area contributed by atoms with Crippen LogP contribution in [0.2, 0.25) is 0 Å². The highest BCUT2D eigenvalue weighted by Gasteiger charge is 2.14. The Bertz CT molecular complexity index is 533. The van der Waals surface area contributed by atoms with E-state index >= 15 is 0 Å². The Kier molecular flexibility index (Phi) is 2.32. The van der Waals surface area contributed by atoms with Gasteiger partial charge in [-0.25, -0.2) is 9.18 Å². The molecule has 0 aliphatic rings. The number of carboxylic acids is 1. The molecule has 2 rings (SSSR count). The fraction of sp³-hybridized carbons (Fsp3) is 0.100. The van der Waals surface area contributed by atoms with Crippen LogP contribution in [-0.2, 0) is 0 Å². The van der Waals surface area contributed by atoms with Crippen LogP contribution >= 0.6 is 11.3 Å². The molecule has 15 heavy (non-hydrogen) atoms. The molecular weight excluding hydrogens is 219 g/mol. The maximum Gasteiger partial charge on any atom is 0.345 e. The number of aromatic carboxylic acids is 1. The molecule has 0 fully saturated rings. The second-order valence-electron chi connectivity index (χ2n) is 2.91. The van der Waals surface area contributed by atoms with Crippen LogP contribution < -0.4 is 4.74 Å². The molecule has 1 aromatic carbocycles. The number of carboxylic acid groups (broad SMARTS) is 1. The Labute approximate surface area is 88.7 Å². The van der Waals surface area contributed by atoms with Crippen LogP contribution in [0.15, 0.2) is 18.2 Å². The first-order chi connectivity index (χ1) is 7.13. The van der Waals surface area contributed by atoms with Gasteiger partial charge in [0.25, 0.3) is 0 Å². The number of rotatable bonds is 2. The quantitative estimate of drug-likeness (QED) is 0.856. The fourth-order valence-electron chi connectivity index (χ4n) is 1.33. The van der Waals surface area contributed by atoms with Crippen molar-refractivity contribution in [3.05, 3.63) is 28.9 Å². The van der Waals surface area contributed by atoms with Crippen LogP contribution in [-0.4, -0.2) is 18.2 Å². The molecule has 3 nitrogen and oxygen atoms in total. The van der Waals surface area contributed by atoms with Gasteiger partial charge in [-0.15, -0.1) is 11.3 Å². The van der Waals surface area contributed by atoms with E-state index in [-0.39, 0.29) is 10.3 Å². The predicted octanol–water partition coefficient (Wildman–Crippen LogP) is 2.75. The first-order valence-corrected chi connectivity index (χ1v) is 4.94. The van der Waals surface area contributed by atoms with E-state index in [4.69, 9.17) is 9.84 Å². The molecule has 0 aliphatic heterocycles. The van der Waals surface area contributed by atoms with Crippen LogP contribution in [0.3, 0.4) is 0 Å². The summed E-state index contributed by atoms with van der Waals surface area (Å²) in [5.41, 5.74) is 0. The molecule has 2 aromatic rings. The molecule has 0 unspecified atom stereocenters. The highest BCUT2D eigenvalue weighted by Crippen LogP contribution is 2.35. The van der Waals surface area contributed by atoms with E-state index in [1.54, 1.807) is 0 Å². The van der Waals surface area contributed by atoms with Crippen molar-refractivity contribution in [1.29, 1.82) is 0 Å². The maximum absolute atomic E-state index is 13.3. The summed E-state index contributed by atoms with van der Waals surface area (Å²) in [6.45, 7) is 0. The van der Waals surface area contributed by atoms with Crippen LogP contribution in [0.1, 0.15) is 9.67 Å². The van der Waals surface area contributed by atoms with E-state index in [0.717, 1.165) is 11.3 Å². The van der Waals surface area contributed by atoms with E-state index in [1.807, 2.05) is 0 Å². The van der Waals surface area contributed by atoms with Crippen LogP contribution in [0.5, 0.6) is 5.75 Å². The molecule has 78 valence electrons. The zero-order valence-electron chi connectivity index (χ0n) is 7.78. The number of ether oxygens (including phenoxy) is 1. The van der Waals surface area contributed by atoms with E-state index < -0.39 is 11.8 Å². The molecule has 0 amide bonds. The Balaban J connectivity index is 2.77. The second kappa shape index (κ2) is 3.51. The maximum atomic E-state index is 13.3. The van der Waals surface area contributed by atoms with Gasteiger partial charge in [0.2, 0.25) is 0 Å². The average Bonchev–Trinajstić information content (AvgIpc) is 2.64. The number of thiophene rings is 1. The van der Waals surface area contributed by atoms with Gasteiger partial charge in [-0.2, -0.15) is 0 Å². The molecular formula is C10H7FO3S. The predicted molar refractivity (Wildman–Crippen MR) is 55.3 cm³/mol. The van der Waals surface area contributed by atoms with Gasteiger partial charge in [0, 0.05) is 5.39 Å². The molecule has 0 saturated carbocycles. The van der Waals surface area contributed by atoms with Crippen LogP contribution in [0, 0.1) is 5.82 Å². The molecule has 0 saturated heterocycles. The molecule has 0 atom stereocenters. The zero-order valence-corrected chi connectivity index (χ0v) is 8.60.